The van der Waals surface area contributed by atoms with Gasteiger partial charge in [0.25, 0.3) is 0 Å². The molecular weight excluding hydrogens is 366 g/mol. The number of aromatic nitrogens is 3. The lowest BCUT2D eigenvalue weighted by Crippen LogP contribution is -2.36. The van der Waals surface area contributed by atoms with E-state index in [2.05, 4.69) is 44.9 Å². The molecule has 0 fully saturated rings. The minimum Gasteiger partial charge on any atom is -0.338 e. The second-order valence-corrected chi connectivity index (χ2v) is 8.49. The second-order valence-electron chi connectivity index (χ2n) is 6.46. The molecule has 1 aromatic rings. The van der Waals surface area contributed by atoms with Crippen molar-refractivity contribution in [1.82, 2.24) is 25.8 Å². The molecule has 0 aliphatic carbocycles. The number of carbonyl (C=O) groups is 1. The molecule has 1 heterocycles. The van der Waals surface area contributed by atoms with Crippen molar-refractivity contribution in [3.05, 3.63) is 18.5 Å². The Balaban J connectivity index is 1.93. The van der Waals surface area contributed by atoms with Crippen molar-refractivity contribution in [1.29, 1.82) is 0 Å². The number of aromatic amines is 1. The highest BCUT2D eigenvalue weighted by Crippen LogP contribution is 2.07. The summed E-state index contributed by atoms with van der Waals surface area (Å²) in [5.74, 6) is 0.0855. The minimum absolute atomic E-state index is 0.0544. The number of rotatable bonds is 15. The van der Waals surface area contributed by atoms with E-state index in [1.165, 1.54) is 6.33 Å². The second kappa shape index (κ2) is 14.2. The molecule has 1 rings (SSSR count). The van der Waals surface area contributed by atoms with Gasteiger partial charge in [0, 0.05) is 13.1 Å². The Labute approximate surface area is 162 Å². The number of nitrogens with zero attached hydrogens (tertiary/aromatic N) is 2. The predicted molar refractivity (Wildman–Crippen MR) is 106 cm³/mol. The molecular formula is C18H33N5O3S. The number of H-pyrrole nitrogens is 1. The molecule has 0 saturated heterocycles. The van der Waals surface area contributed by atoms with E-state index in [1.54, 1.807) is 0 Å². The van der Waals surface area contributed by atoms with Gasteiger partial charge in [0.15, 0.2) is 0 Å². The van der Waals surface area contributed by atoms with E-state index < -0.39 is 9.84 Å². The maximum Gasteiger partial charge on any atom is 0.314 e. The number of unbranched alkanes of at least 4 members (excludes halogenated alkanes) is 6. The van der Waals surface area contributed by atoms with E-state index in [1.807, 2.05) is 0 Å². The highest BCUT2D eigenvalue weighted by molar-refractivity contribution is 7.91. The van der Waals surface area contributed by atoms with Crippen molar-refractivity contribution in [3.63, 3.8) is 0 Å². The highest BCUT2D eigenvalue weighted by Gasteiger charge is 2.16. The summed E-state index contributed by atoms with van der Waals surface area (Å²) in [6.07, 6.45) is 14.0. The summed E-state index contributed by atoms with van der Waals surface area (Å²) >= 11 is 0. The molecule has 0 aromatic carbocycles. The van der Waals surface area contributed by atoms with E-state index in [9.17, 15) is 13.2 Å². The number of hydrogen-bond acceptors (Lipinski definition) is 5. The molecule has 8 nitrogen and oxygen atoms in total. The van der Waals surface area contributed by atoms with Gasteiger partial charge in [-0.1, -0.05) is 31.9 Å². The molecule has 0 aliphatic rings. The lowest BCUT2D eigenvalue weighted by atomic mass is 10.2. The topological polar surface area (TPSA) is 117 Å². The van der Waals surface area contributed by atoms with Crippen LogP contribution < -0.4 is 10.6 Å². The van der Waals surface area contributed by atoms with Crippen molar-refractivity contribution >= 4 is 15.9 Å². The molecule has 3 N–H and O–H groups in total. The number of allylic oxidation sites excluding steroid dienone is 2. The van der Waals surface area contributed by atoms with Crippen LogP contribution in [0.15, 0.2) is 23.6 Å². The zero-order valence-electron chi connectivity index (χ0n) is 16.2. The summed E-state index contributed by atoms with van der Waals surface area (Å²) in [7, 11) is -3.33. The van der Waals surface area contributed by atoms with Crippen LogP contribution in [0.2, 0.25) is 0 Å². The van der Waals surface area contributed by atoms with Crippen LogP contribution in [0.5, 0.6) is 0 Å². The van der Waals surface area contributed by atoms with E-state index in [0.717, 1.165) is 57.9 Å². The minimum atomic E-state index is -3.33. The lowest BCUT2D eigenvalue weighted by molar-refractivity contribution is 0.240. The SMILES string of the molecule is CCCCCNC(=O)NCCCCC=CCCCCS(=O)(=O)c1ncn[nH]1. The predicted octanol–water partition coefficient (Wildman–Crippen LogP) is 2.96. The molecule has 0 spiro atoms. The normalized spacial score (nSPS) is 11.7. The Hall–Kier alpha value is -1.90. The van der Waals surface area contributed by atoms with Crippen molar-refractivity contribution in [2.24, 2.45) is 0 Å². The average Bonchev–Trinajstić information content (AvgIpc) is 3.19. The summed E-state index contributed by atoms with van der Waals surface area (Å²) in [5, 5.41) is 11.6. The van der Waals surface area contributed by atoms with Gasteiger partial charge in [0.2, 0.25) is 15.0 Å². The summed E-state index contributed by atoms with van der Waals surface area (Å²) in [5.41, 5.74) is 0. The number of sulfone groups is 1. The van der Waals surface area contributed by atoms with Gasteiger partial charge < -0.3 is 10.6 Å². The quantitative estimate of drug-likeness (QED) is 0.310. The third-order valence-corrected chi connectivity index (χ3v) is 5.65. The Morgan fingerprint density at radius 1 is 1.04 bits per heavy atom. The maximum absolute atomic E-state index is 11.9. The van der Waals surface area contributed by atoms with E-state index >= 15 is 0 Å². The fourth-order valence-corrected chi connectivity index (χ4v) is 3.64. The maximum atomic E-state index is 11.9. The van der Waals surface area contributed by atoms with Gasteiger partial charge in [-0.2, -0.15) is 5.10 Å². The first-order valence-corrected chi connectivity index (χ1v) is 11.5. The molecule has 0 bridgehead atoms. The summed E-state index contributed by atoms with van der Waals surface area (Å²) in [6, 6.07) is -0.0815. The van der Waals surface area contributed by atoms with Gasteiger partial charge >= 0.3 is 6.03 Å². The van der Waals surface area contributed by atoms with Gasteiger partial charge in [-0.15, -0.1) is 0 Å². The standard InChI is InChI=1S/C18H33N5O3S/c1-2-3-10-13-19-17(24)20-14-11-8-6-4-5-7-9-12-15-27(25,26)18-21-16-22-23-18/h4-5,16H,2-3,6-15H2,1H3,(H2,19,20,24)(H,21,22,23). The summed E-state index contributed by atoms with van der Waals surface area (Å²) in [4.78, 5) is 15.2. The lowest BCUT2D eigenvalue weighted by Gasteiger charge is -2.06. The largest absolute Gasteiger partial charge is 0.338 e. The zero-order chi connectivity index (χ0) is 19.8. The van der Waals surface area contributed by atoms with Crippen LogP contribution in [-0.2, 0) is 9.84 Å². The van der Waals surface area contributed by atoms with Gasteiger partial charge in [0.05, 0.1) is 5.75 Å². The molecule has 0 aliphatic heterocycles. The number of nitrogens with one attached hydrogen (secondary N) is 3. The van der Waals surface area contributed by atoms with Gasteiger partial charge in [-0.3, -0.25) is 5.10 Å². The van der Waals surface area contributed by atoms with Crippen molar-refractivity contribution in [2.75, 3.05) is 18.8 Å². The van der Waals surface area contributed by atoms with Crippen LogP contribution >= 0.6 is 0 Å². The van der Waals surface area contributed by atoms with E-state index in [4.69, 9.17) is 0 Å². The van der Waals surface area contributed by atoms with Crippen LogP contribution in [0.4, 0.5) is 4.79 Å². The first-order valence-electron chi connectivity index (χ1n) is 9.81. The van der Waals surface area contributed by atoms with Crippen molar-refractivity contribution in [3.8, 4) is 0 Å². The fourth-order valence-electron chi connectivity index (χ4n) is 2.46. The fraction of sp³-hybridized carbons (Fsp3) is 0.722. The van der Waals surface area contributed by atoms with E-state index in [-0.39, 0.29) is 16.9 Å². The Morgan fingerprint density at radius 2 is 1.67 bits per heavy atom. The highest BCUT2D eigenvalue weighted by atomic mass is 32.2. The Kier molecular flexibility index (Phi) is 12.2. The number of carbonyl (C=O) groups excluding carboxylic acids is 1. The van der Waals surface area contributed by atoms with Crippen LogP contribution in [0.3, 0.4) is 0 Å². The van der Waals surface area contributed by atoms with Crippen LogP contribution in [0.25, 0.3) is 0 Å². The zero-order valence-corrected chi connectivity index (χ0v) is 17.1. The van der Waals surface area contributed by atoms with Gasteiger partial charge in [0.1, 0.15) is 6.33 Å². The smallest absolute Gasteiger partial charge is 0.314 e. The molecule has 27 heavy (non-hydrogen) atoms. The summed E-state index contributed by atoms with van der Waals surface area (Å²) in [6.45, 7) is 3.56. The van der Waals surface area contributed by atoms with E-state index in [0.29, 0.717) is 13.0 Å². The molecule has 0 radical (unpaired) electrons. The van der Waals surface area contributed by atoms with Crippen molar-refractivity contribution in [2.45, 2.75) is 69.9 Å². The molecule has 0 unspecified atom stereocenters. The first kappa shape index (κ1) is 23.1. The van der Waals surface area contributed by atoms with Gasteiger partial charge in [-0.25, -0.2) is 18.2 Å². The molecule has 9 heteroatoms. The van der Waals surface area contributed by atoms with Crippen molar-refractivity contribution < 1.29 is 13.2 Å². The molecule has 0 saturated carbocycles. The molecule has 2 amide bonds. The van der Waals surface area contributed by atoms with Crippen LogP contribution in [-0.4, -0.2) is 48.5 Å². The summed E-state index contributed by atoms with van der Waals surface area (Å²) < 4.78 is 23.8. The average molecular weight is 400 g/mol. The Morgan fingerprint density at radius 3 is 2.26 bits per heavy atom. The monoisotopic (exact) mass is 399 g/mol. The van der Waals surface area contributed by atoms with Crippen LogP contribution in [0.1, 0.15) is 64.7 Å². The third-order valence-electron chi connectivity index (χ3n) is 4.04. The van der Waals surface area contributed by atoms with Gasteiger partial charge in [-0.05, 0) is 44.9 Å². The Bertz CT molecular complexity index is 629. The molecule has 154 valence electrons. The molecule has 1 aromatic heterocycles. The first-order chi connectivity index (χ1) is 13.1. The number of amides is 2. The number of urea groups is 1. The molecule has 0 atom stereocenters. The van der Waals surface area contributed by atoms with Crippen LogP contribution in [0, 0.1) is 0 Å². The number of hydrogen-bond donors (Lipinski definition) is 3. The third kappa shape index (κ3) is 11.4.